The number of halogens is 1. The molecule has 0 saturated heterocycles. The second-order valence-corrected chi connectivity index (χ2v) is 4.60. The van der Waals surface area contributed by atoms with E-state index in [2.05, 4.69) is 69.2 Å². The van der Waals surface area contributed by atoms with Crippen molar-refractivity contribution in [3.8, 4) is 0 Å². The molecule has 0 bridgehead atoms. The van der Waals surface area contributed by atoms with Crippen molar-refractivity contribution in [2.45, 2.75) is 13.0 Å². The van der Waals surface area contributed by atoms with Crippen molar-refractivity contribution >= 4 is 0 Å². The van der Waals surface area contributed by atoms with Crippen LogP contribution in [0.15, 0.2) is 24.3 Å². The van der Waals surface area contributed by atoms with Crippen molar-refractivity contribution in [2.24, 2.45) is 0 Å². The normalized spacial score (nSPS) is 11.9. The summed E-state index contributed by atoms with van der Waals surface area (Å²) in [5.74, 6) is 0. The largest absolute Gasteiger partial charge is 2.00 e. The summed E-state index contributed by atoms with van der Waals surface area (Å²) >= 11 is 0. The summed E-state index contributed by atoms with van der Waals surface area (Å²) in [4.78, 5) is 4.51. The van der Waals surface area contributed by atoms with E-state index >= 15 is 0 Å². The van der Waals surface area contributed by atoms with Crippen molar-refractivity contribution in [3.63, 3.8) is 0 Å². The molecule has 100 valence electrons. The fraction of sp³-hybridized carbons (Fsp3) is 0.538. The van der Waals surface area contributed by atoms with E-state index < -0.39 is 0 Å². The van der Waals surface area contributed by atoms with Gasteiger partial charge in [-0.3, -0.25) is 0 Å². The summed E-state index contributed by atoms with van der Waals surface area (Å²) in [6, 6.07) is 9.10. The predicted octanol–water partition coefficient (Wildman–Crippen LogP) is 1.62. The van der Waals surface area contributed by atoms with E-state index in [0.29, 0.717) is 6.04 Å². The molecule has 0 aromatic heterocycles. The molecule has 0 aliphatic heterocycles. The third-order valence-electron chi connectivity index (χ3n) is 2.71. The van der Waals surface area contributed by atoms with Gasteiger partial charge in [-0.2, -0.15) is 0 Å². The SMILES string of the molecule is Cc1ccccc1C(CN(C)C)N(C)C.[ClH2+].[Ni+2]. The Kier molecular flexibility index (Phi) is 10.1. The van der Waals surface area contributed by atoms with Crippen LogP contribution in [0.3, 0.4) is 0 Å². The standard InChI is InChI=1S/C13H22N2.ClH2.Ni/c1-11-8-6-7-9-12(11)13(15(4)5)10-14(2)3;;/h6-9,13H,10H2,1-5H3;1H2;/q;+1;+2. The van der Waals surface area contributed by atoms with Crippen LogP contribution in [-0.2, 0) is 16.5 Å². The average molecular weight is 302 g/mol. The summed E-state index contributed by atoms with van der Waals surface area (Å²) in [5, 5.41) is 0. The second-order valence-electron chi connectivity index (χ2n) is 4.60. The van der Waals surface area contributed by atoms with E-state index in [1.807, 2.05) is 0 Å². The van der Waals surface area contributed by atoms with Crippen molar-refractivity contribution in [1.29, 1.82) is 0 Å². The monoisotopic (exact) mass is 301 g/mol. The van der Waals surface area contributed by atoms with E-state index in [9.17, 15) is 0 Å². The van der Waals surface area contributed by atoms with Gasteiger partial charge in [0.25, 0.3) is 0 Å². The van der Waals surface area contributed by atoms with Crippen LogP contribution in [0, 0.1) is 19.3 Å². The van der Waals surface area contributed by atoms with E-state index in [0.717, 1.165) is 6.54 Å². The third kappa shape index (κ3) is 5.87. The average Bonchev–Trinajstić information content (AvgIpc) is 2.15. The van der Waals surface area contributed by atoms with Crippen molar-refractivity contribution in [1.82, 2.24) is 9.80 Å². The first kappa shape index (κ1) is 19.3. The summed E-state index contributed by atoms with van der Waals surface area (Å²) in [6.45, 7) is 3.24. The maximum atomic E-state index is 2.28. The maximum Gasteiger partial charge on any atom is 2.00 e. The minimum Gasteiger partial charge on any atom is -0.308 e. The number of hydrogen-bond donors (Lipinski definition) is 0. The summed E-state index contributed by atoms with van der Waals surface area (Å²) < 4.78 is 0. The zero-order valence-corrected chi connectivity index (χ0v) is 13.1. The fourth-order valence-electron chi connectivity index (χ4n) is 1.85. The van der Waals surface area contributed by atoms with Crippen LogP contribution in [0.5, 0.6) is 0 Å². The first-order valence-electron chi connectivity index (χ1n) is 5.39. The van der Waals surface area contributed by atoms with Gasteiger partial charge in [-0.25, -0.2) is 0 Å². The molecule has 0 saturated carbocycles. The number of hydrogen-bond acceptors (Lipinski definition) is 2. The molecule has 17 heavy (non-hydrogen) atoms. The Morgan fingerprint density at radius 3 is 2.00 bits per heavy atom. The predicted molar refractivity (Wildman–Crippen MR) is 69.0 cm³/mol. The molecule has 1 aromatic rings. The summed E-state index contributed by atoms with van der Waals surface area (Å²) in [7, 11) is 8.52. The van der Waals surface area contributed by atoms with Gasteiger partial charge in [-0.1, -0.05) is 24.3 Å². The molecular weight excluding hydrogens is 278 g/mol. The molecule has 0 aliphatic rings. The quantitative estimate of drug-likeness (QED) is 0.780. The van der Waals surface area contributed by atoms with E-state index in [-0.39, 0.29) is 28.9 Å². The first-order valence-corrected chi connectivity index (χ1v) is 5.39. The van der Waals surface area contributed by atoms with E-state index in [1.165, 1.54) is 11.1 Å². The molecule has 1 atom stereocenters. The Hall–Kier alpha value is -0.0765. The molecule has 1 unspecified atom stereocenters. The molecule has 1 aromatic carbocycles. The Morgan fingerprint density at radius 2 is 1.59 bits per heavy atom. The summed E-state index contributed by atoms with van der Waals surface area (Å²) in [6.07, 6.45) is 0. The first-order chi connectivity index (χ1) is 7.02. The molecule has 0 N–H and O–H groups in total. The number of likely N-dealkylation sites (N-methyl/N-ethyl adjacent to an activating group) is 2. The van der Waals surface area contributed by atoms with Crippen LogP contribution < -0.4 is 0 Å². The number of rotatable bonds is 4. The van der Waals surface area contributed by atoms with Gasteiger partial charge in [0.1, 0.15) is 0 Å². The van der Waals surface area contributed by atoms with Gasteiger partial charge in [0.2, 0.25) is 0 Å². The van der Waals surface area contributed by atoms with Gasteiger partial charge in [0.15, 0.2) is 0 Å². The molecule has 2 nitrogen and oxygen atoms in total. The minimum atomic E-state index is 0. The van der Waals surface area contributed by atoms with Gasteiger partial charge in [0.05, 0.1) is 12.4 Å². The van der Waals surface area contributed by atoms with Crippen LogP contribution in [0.25, 0.3) is 0 Å². The zero-order chi connectivity index (χ0) is 11.4. The Bertz CT molecular complexity index is 316. The topological polar surface area (TPSA) is 6.48 Å². The van der Waals surface area contributed by atoms with Crippen LogP contribution in [0.2, 0.25) is 0 Å². The van der Waals surface area contributed by atoms with Gasteiger partial charge >= 0.3 is 16.5 Å². The van der Waals surface area contributed by atoms with Crippen molar-refractivity contribution in [2.75, 3.05) is 34.7 Å². The van der Waals surface area contributed by atoms with Crippen molar-refractivity contribution in [3.05, 3.63) is 35.4 Å². The van der Waals surface area contributed by atoms with Crippen LogP contribution in [-0.4, -0.2) is 44.5 Å². The zero-order valence-electron chi connectivity index (χ0n) is 11.3. The molecule has 1 rings (SSSR count). The Morgan fingerprint density at radius 1 is 1.06 bits per heavy atom. The number of nitrogens with zero attached hydrogens (tertiary/aromatic N) is 2. The van der Waals surface area contributed by atoms with Gasteiger partial charge in [-0.05, 0) is 46.2 Å². The number of aryl methyl sites for hydroxylation is 1. The molecule has 0 fully saturated rings. The molecule has 0 spiro atoms. The van der Waals surface area contributed by atoms with Crippen LogP contribution in [0.1, 0.15) is 17.2 Å². The second kappa shape index (κ2) is 8.93. The Labute approximate surface area is 122 Å². The molecule has 0 amide bonds. The van der Waals surface area contributed by atoms with Crippen LogP contribution in [0.4, 0.5) is 0 Å². The van der Waals surface area contributed by atoms with Gasteiger partial charge in [0, 0.05) is 12.6 Å². The molecular formula is C13H24ClN2Ni+3. The smallest absolute Gasteiger partial charge is 0.308 e. The Balaban J connectivity index is 0. The fourth-order valence-corrected chi connectivity index (χ4v) is 1.85. The van der Waals surface area contributed by atoms with E-state index in [1.54, 1.807) is 0 Å². The summed E-state index contributed by atoms with van der Waals surface area (Å²) in [5.41, 5.74) is 2.80. The van der Waals surface area contributed by atoms with Crippen molar-refractivity contribution < 1.29 is 28.9 Å². The third-order valence-corrected chi connectivity index (χ3v) is 2.71. The van der Waals surface area contributed by atoms with Gasteiger partial charge < -0.3 is 9.80 Å². The molecule has 0 heterocycles. The number of benzene rings is 1. The molecule has 0 aliphatic carbocycles. The maximum absolute atomic E-state index is 2.28. The van der Waals surface area contributed by atoms with E-state index in [4.69, 9.17) is 0 Å². The molecule has 4 heteroatoms. The molecule has 0 radical (unpaired) electrons. The van der Waals surface area contributed by atoms with Gasteiger partial charge in [-0.15, -0.1) is 0 Å². The van der Waals surface area contributed by atoms with Crippen LogP contribution >= 0.6 is 0 Å². The minimum absolute atomic E-state index is 0.